The van der Waals surface area contributed by atoms with E-state index in [0.717, 1.165) is 16.2 Å². The molecule has 1 amide bonds. The van der Waals surface area contributed by atoms with Gasteiger partial charge in [0.25, 0.3) is 5.91 Å². The molecule has 0 radical (unpaired) electrons. The molecular weight excluding hydrogens is 650 g/mol. The number of hydrogen-bond donors (Lipinski definition) is 2. The summed E-state index contributed by atoms with van der Waals surface area (Å²) in [5.74, 6) is -1.26. The van der Waals surface area contributed by atoms with Crippen molar-refractivity contribution in [2.45, 2.75) is 15.6 Å². The van der Waals surface area contributed by atoms with Gasteiger partial charge in [-0.1, -0.05) is 5.16 Å². The molecule has 0 bridgehead atoms. The van der Waals surface area contributed by atoms with Gasteiger partial charge in [0.1, 0.15) is 29.6 Å². The third-order valence-electron chi connectivity index (χ3n) is 6.23. The van der Waals surface area contributed by atoms with E-state index in [1.54, 1.807) is 12.1 Å². The molecule has 0 saturated carbocycles. The number of nitrogens with two attached hydrogens (primary N) is 1. The molecule has 5 rings (SSSR count). The van der Waals surface area contributed by atoms with Crippen LogP contribution in [0.15, 0.2) is 54.0 Å². The number of aliphatic carboxylic acids is 1. The molecule has 3 aromatic rings. The Kier molecular flexibility index (Phi) is 10.7. The number of oxime groups is 1. The first-order valence-corrected chi connectivity index (χ1v) is 15.7. The van der Waals surface area contributed by atoms with Crippen LogP contribution in [-0.4, -0.2) is 82.7 Å². The topological polar surface area (TPSA) is 189 Å². The standard InChI is InChI=1S/C25H23N5O8S4.Na/c1-36-14-4-11-13(31)5-17(42-16(11)6-15(14)37-2)39-7-10-8-40-23-19(22(33)30(23)20(10)24(34)35)28-21(32)18(29-38-3)12-9-41-25(26)27-12;/h4-6,9,19,23H,7-8H2,1-3H3,(H2,26,27)(H,28,32)(H,34,35);/q;+1/p-1/b29-18+;/t19-,23-;/m1./s1. The monoisotopic (exact) mass is 671 g/mol. The molecule has 1 aromatic carbocycles. The number of anilines is 1. The van der Waals surface area contributed by atoms with Crippen molar-refractivity contribution in [2.24, 2.45) is 10.1 Å². The maximum absolute atomic E-state index is 13.1. The van der Waals surface area contributed by atoms with Gasteiger partial charge < -0.3 is 30.3 Å². The van der Waals surface area contributed by atoms with E-state index < -0.39 is 29.2 Å². The van der Waals surface area contributed by atoms with Crippen LogP contribution in [0, 0.1) is 0 Å². The van der Waals surface area contributed by atoms with Crippen molar-refractivity contribution in [3.05, 3.63) is 50.8 Å². The Bertz CT molecular complexity index is 1740. The second-order valence-electron chi connectivity index (χ2n) is 8.66. The van der Waals surface area contributed by atoms with Crippen LogP contribution < -0.4 is 55.3 Å². The van der Waals surface area contributed by atoms with Crippen molar-refractivity contribution < 1.29 is 63.7 Å². The van der Waals surface area contributed by atoms with E-state index in [4.69, 9.17) is 20.0 Å². The summed E-state index contributed by atoms with van der Waals surface area (Å²) in [5.41, 5.74) is 5.76. The zero-order valence-electron chi connectivity index (χ0n) is 23.2. The van der Waals surface area contributed by atoms with Crippen molar-refractivity contribution in [3.8, 4) is 11.5 Å². The average molecular weight is 672 g/mol. The van der Waals surface area contributed by atoms with E-state index in [1.165, 1.54) is 67.6 Å². The van der Waals surface area contributed by atoms with E-state index in [2.05, 4.69) is 15.1 Å². The average Bonchev–Trinajstić information content (AvgIpc) is 3.41. The molecule has 2 atom stereocenters. The molecule has 4 heterocycles. The van der Waals surface area contributed by atoms with Crippen LogP contribution >= 0.6 is 46.2 Å². The van der Waals surface area contributed by atoms with Crippen molar-refractivity contribution >= 4 is 84.9 Å². The normalized spacial score (nSPS) is 18.6. The molecule has 0 spiro atoms. The second-order valence-corrected chi connectivity index (χ2v) is 13.0. The van der Waals surface area contributed by atoms with Crippen molar-refractivity contribution in [2.75, 3.05) is 38.6 Å². The number of fused-ring (bicyclic) bond motifs is 2. The van der Waals surface area contributed by atoms with Crippen LogP contribution in [0.2, 0.25) is 0 Å². The van der Waals surface area contributed by atoms with Crippen LogP contribution in [0.1, 0.15) is 5.69 Å². The molecule has 2 aromatic heterocycles. The van der Waals surface area contributed by atoms with Gasteiger partial charge in [-0.25, -0.2) is 9.78 Å². The van der Waals surface area contributed by atoms with E-state index in [0.29, 0.717) is 37.1 Å². The summed E-state index contributed by atoms with van der Waals surface area (Å²) in [7, 11) is 4.25. The third-order valence-corrected chi connectivity index (χ3v) is 10.6. The van der Waals surface area contributed by atoms with Gasteiger partial charge in [0.05, 0.1) is 18.4 Å². The molecule has 18 heteroatoms. The smallest absolute Gasteiger partial charge is 0.857 e. The maximum atomic E-state index is 13.1. The fraction of sp³-hybridized carbons (Fsp3) is 0.280. The number of nitrogens with zero attached hydrogens (tertiary/aromatic N) is 4. The first kappa shape index (κ1) is 33.1. The second kappa shape index (κ2) is 13.9. The minimum atomic E-state index is -1.27. The number of aromatic nitrogens is 1. The van der Waals surface area contributed by atoms with Gasteiger partial charge in [0.15, 0.2) is 28.1 Å². The Morgan fingerprint density at radius 3 is 2.58 bits per heavy atom. The number of carboxylic acid groups (broad SMARTS) is 1. The molecular formula is C25H22N5NaO8S4. The summed E-state index contributed by atoms with van der Waals surface area (Å²) in [6.07, 6.45) is 0. The number of thioether (sulfide) groups is 2. The number of rotatable bonds is 10. The molecule has 2 aliphatic rings. The van der Waals surface area contributed by atoms with Crippen molar-refractivity contribution in [1.82, 2.24) is 9.88 Å². The number of amides is 1. The minimum absolute atomic E-state index is 0. The van der Waals surface area contributed by atoms with Crippen LogP contribution in [-0.2, 0) is 14.4 Å². The fourth-order valence-electron chi connectivity index (χ4n) is 4.32. The number of carboxylic acids is 1. The first-order valence-electron chi connectivity index (χ1n) is 12.0. The number of aliphatic imine (C=N–C) groups is 1. The number of ether oxygens (including phenoxy) is 2. The maximum Gasteiger partial charge on any atom is 1.00 e. The van der Waals surface area contributed by atoms with Gasteiger partial charge in [0.2, 0.25) is 0 Å². The molecule has 220 valence electrons. The molecule has 43 heavy (non-hydrogen) atoms. The molecule has 0 unspecified atom stereocenters. The number of carbonyl (C=O) groups is 2. The molecule has 1 fully saturated rings. The number of benzene rings is 1. The number of methoxy groups -OCH3 is 2. The van der Waals surface area contributed by atoms with Gasteiger partial charge in [-0.15, -0.1) is 46.2 Å². The summed E-state index contributed by atoms with van der Waals surface area (Å²) in [6, 6.07) is 3.75. The van der Waals surface area contributed by atoms with Crippen LogP contribution in [0.3, 0.4) is 0 Å². The Morgan fingerprint density at radius 2 is 1.95 bits per heavy atom. The SMILES string of the molecule is CO/N=C(/C([O-])=N[C@@H]1C(=O)N2C(C(=O)O)=C(CSc3cc(=O)c4cc(OC)c(OC)cc4s3)CS[C@H]12)c1csc(N)n1.[Na+]. The molecule has 2 aliphatic heterocycles. The fourth-order valence-corrected chi connectivity index (χ4v) is 8.57. The number of carbonyl (C=O) groups excluding carboxylic acids is 1. The van der Waals surface area contributed by atoms with Crippen LogP contribution in [0.5, 0.6) is 11.5 Å². The minimum Gasteiger partial charge on any atom is -0.857 e. The van der Waals surface area contributed by atoms with Gasteiger partial charge in [-0.05, 0) is 11.6 Å². The third kappa shape index (κ3) is 6.52. The summed E-state index contributed by atoms with van der Waals surface area (Å²) < 4.78 is 12.0. The van der Waals surface area contributed by atoms with E-state index in [-0.39, 0.29) is 63.0 Å². The Labute approximate surface area is 283 Å². The van der Waals surface area contributed by atoms with Gasteiger partial charge >= 0.3 is 35.5 Å². The molecule has 13 nitrogen and oxygen atoms in total. The predicted octanol–water partition coefficient (Wildman–Crippen LogP) is -1.15. The largest absolute Gasteiger partial charge is 1.00 e. The zero-order chi connectivity index (χ0) is 30.1. The Morgan fingerprint density at radius 1 is 1.23 bits per heavy atom. The van der Waals surface area contributed by atoms with E-state index >= 15 is 0 Å². The predicted molar refractivity (Wildman–Crippen MR) is 161 cm³/mol. The summed E-state index contributed by atoms with van der Waals surface area (Å²) >= 11 is 5.06. The van der Waals surface area contributed by atoms with Gasteiger partial charge in [-0.3, -0.25) is 19.5 Å². The number of hydrogen-bond acceptors (Lipinski definition) is 15. The summed E-state index contributed by atoms with van der Waals surface area (Å²) in [6.45, 7) is 0. The van der Waals surface area contributed by atoms with Crippen molar-refractivity contribution in [3.63, 3.8) is 0 Å². The van der Waals surface area contributed by atoms with E-state index in [9.17, 15) is 24.6 Å². The molecule has 0 aliphatic carbocycles. The molecule has 3 N–H and O–H groups in total. The summed E-state index contributed by atoms with van der Waals surface area (Å²) in [4.78, 5) is 52.1. The van der Waals surface area contributed by atoms with Crippen molar-refractivity contribution in [1.29, 1.82) is 0 Å². The van der Waals surface area contributed by atoms with Crippen LogP contribution in [0.25, 0.3) is 10.1 Å². The first-order chi connectivity index (χ1) is 20.2. The van der Waals surface area contributed by atoms with Gasteiger partial charge in [-0.2, -0.15) is 0 Å². The number of thiazole rings is 1. The zero-order valence-corrected chi connectivity index (χ0v) is 28.4. The quantitative estimate of drug-likeness (QED) is 0.0659. The number of β-lactam (4-membered cyclic amide) rings is 1. The van der Waals surface area contributed by atoms with E-state index in [1.807, 2.05) is 0 Å². The number of nitrogen functional groups attached to an aromatic ring is 1. The Hall–Kier alpha value is -2.80. The van der Waals surface area contributed by atoms with Gasteiger partial charge in [0, 0.05) is 45.0 Å². The Balaban J connectivity index is 0.00000423. The van der Waals surface area contributed by atoms with Crippen LogP contribution in [0.4, 0.5) is 5.13 Å². The molecule has 1 saturated heterocycles. The summed E-state index contributed by atoms with van der Waals surface area (Å²) in [5, 5.41) is 28.1.